The van der Waals surface area contributed by atoms with Crippen LogP contribution in [0.3, 0.4) is 0 Å². The molecule has 152 valence electrons. The summed E-state index contributed by atoms with van der Waals surface area (Å²) in [6.45, 7) is 3.07. The second-order valence-corrected chi connectivity index (χ2v) is 8.77. The minimum Gasteiger partial charge on any atom is -0.378 e. The second kappa shape index (κ2) is 7.34. The van der Waals surface area contributed by atoms with Crippen LogP contribution in [0.2, 0.25) is 0 Å². The maximum Gasteiger partial charge on any atom is 0.322 e. The molecule has 2 amide bonds. The monoisotopic (exact) mass is 391 g/mol. The Morgan fingerprint density at radius 3 is 2.69 bits per heavy atom. The fourth-order valence-corrected chi connectivity index (χ4v) is 5.60. The number of carbonyl (C=O) groups excluding carboxylic acids is 1. The molecular weight excluding hydrogens is 362 g/mol. The van der Waals surface area contributed by atoms with Crippen molar-refractivity contribution in [1.29, 1.82) is 0 Å². The lowest BCUT2D eigenvalue weighted by Gasteiger charge is -2.51. The fraction of sp³-hybridized carbons (Fsp3) is 0.478. The molecule has 29 heavy (non-hydrogen) atoms. The van der Waals surface area contributed by atoms with Gasteiger partial charge in [-0.2, -0.15) is 0 Å². The lowest BCUT2D eigenvalue weighted by atomic mass is 9.75. The Balaban J connectivity index is 1.42. The van der Waals surface area contributed by atoms with Crippen LogP contribution >= 0.6 is 0 Å². The molecule has 4 fully saturated rings. The summed E-state index contributed by atoms with van der Waals surface area (Å²) in [6.07, 6.45) is 6.19. The van der Waals surface area contributed by atoms with Crippen molar-refractivity contribution in [3.05, 3.63) is 54.4 Å². The number of amides is 2. The van der Waals surface area contributed by atoms with E-state index in [2.05, 4.69) is 26.2 Å². The third-order valence-electron chi connectivity index (χ3n) is 6.98. The summed E-state index contributed by atoms with van der Waals surface area (Å²) >= 11 is 0. The molecule has 2 bridgehead atoms. The molecule has 6 nitrogen and oxygen atoms in total. The normalized spacial score (nSPS) is 30.1. The van der Waals surface area contributed by atoms with Gasteiger partial charge in [-0.15, -0.1) is 0 Å². The number of piperidine rings is 3. The number of urea groups is 1. The molecule has 2 aromatic rings. The van der Waals surface area contributed by atoms with Crippen LogP contribution in [0.5, 0.6) is 0 Å². The molecule has 0 spiro atoms. The summed E-state index contributed by atoms with van der Waals surface area (Å²) < 4.78 is 0. The van der Waals surface area contributed by atoms with Crippen molar-refractivity contribution in [2.75, 3.05) is 43.9 Å². The smallest absolute Gasteiger partial charge is 0.322 e. The first-order chi connectivity index (χ1) is 14.1. The van der Waals surface area contributed by atoms with E-state index < -0.39 is 0 Å². The first-order valence-corrected chi connectivity index (χ1v) is 10.6. The Labute approximate surface area is 172 Å². The zero-order valence-corrected chi connectivity index (χ0v) is 17.2. The molecule has 4 aliphatic heterocycles. The van der Waals surface area contributed by atoms with Gasteiger partial charge in [0.1, 0.15) is 0 Å². The summed E-state index contributed by atoms with van der Waals surface area (Å²) in [5.41, 5.74) is 3.18. The van der Waals surface area contributed by atoms with Crippen LogP contribution in [0.4, 0.5) is 16.2 Å². The van der Waals surface area contributed by atoms with Gasteiger partial charge >= 0.3 is 6.03 Å². The van der Waals surface area contributed by atoms with Crippen LogP contribution in [0.1, 0.15) is 24.3 Å². The number of hydrogen-bond acceptors (Lipinski definition) is 4. The van der Waals surface area contributed by atoms with Crippen LogP contribution in [-0.4, -0.2) is 66.6 Å². The Hall–Kier alpha value is -2.60. The third kappa shape index (κ3) is 3.25. The quantitative estimate of drug-likeness (QED) is 0.873. The van der Waals surface area contributed by atoms with Crippen LogP contribution in [0, 0.1) is 5.92 Å². The average molecular weight is 392 g/mol. The fourth-order valence-electron chi connectivity index (χ4n) is 5.60. The Kier molecular flexibility index (Phi) is 4.66. The maximum atomic E-state index is 13.4. The molecule has 3 unspecified atom stereocenters. The highest BCUT2D eigenvalue weighted by atomic mass is 16.2. The van der Waals surface area contributed by atoms with Crippen molar-refractivity contribution in [3.8, 4) is 0 Å². The van der Waals surface area contributed by atoms with Gasteiger partial charge in [-0.1, -0.05) is 12.1 Å². The van der Waals surface area contributed by atoms with Gasteiger partial charge in [0.25, 0.3) is 0 Å². The van der Waals surface area contributed by atoms with Crippen molar-refractivity contribution in [2.45, 2.75) is 30.8 Å². The lowest BCUT2D eigenvalue weighted by molar-refractivity contribution is 0.00493. The largest absolute Gasteiger partial charge is 0.378 e. The third-order valence-corrected chi connectivity index (χ3v) is 6.98. The number of rotatable bonds is 3. The van der Waals surface area contributed by atoms with Crippen molar-refractivity contribution in [1.82, 2.24) is 14.8 Å². The van der Waals surface area contributed by atoms with Crippen LogP contribution < -0.4 is 10.2 Å². The maximum absolute atomic E-state index is 13.4. The van der Waals surface area contributed by atoms with Gasteiger partial charge in [0.2, 0.25) is 0 Å². The van der Waals surface area contributed by atoms with E-state index in [0.717, 1.165) is 31.0 Å². The van der Waals surface area contributed by atoms with E-state index in [1.54, 1.807) is 0 Å². The zero-order valence-electron chi connectivity index (χ0n) is 17.2. The second-order valence-electron chi connectivity index (χ2n) is 8.77. The molecule has 0 radical (unpaired) electrons. The topological polar surface area (TPSA) is 51.7 Å². The number of anilines is 2. The van der Waals surface area contributed by atoms with E-state index in [-0.39, 0.29) is 6.03 Å². The summed E-state index contributed by atoms with van der Waals surface area (Å²) in [4.78, 5) is 24.5. The van der Waals surface area contributed by atoms with Crippen LogP contribution in [-0.2, 0) is 0 Å². The summed E-state index contributed by atoms with van der Waals surface area (Å²) in [6, 6.07) is 12.9. The van der Waals surface area contributed by atoms with Crippen molar-refractivity contribution < 1.29 is 4.79 Å². The van der Waals surface area contributed by atoms with E-state index in [9.17, 15) is 4.79 Å². The zero-order chi connectivity index (χ0) is 20.0. The highest BCUT2D eigenvalue weighted by Gasteiger charge is 2.54. The Morgan fingerprint density at radius 2 is 1.97 bits per heavy atom. The molecule has 3 atom stereocenters. The number of aromatic nitrogens is 1. The Bertz CT molecular complexity index is 878. The van der Waals surface area contributed by atoms with Crippen molar-refractivity contribution in [3.63, 3.8) is 0 Å². The van der Waals surface area contributed by atoms with E-state index in [4.69, 9.17) is 0 Å². The molecule has 0 saturated carbocycles. The highest BCUT2D eigenvalue weighted by molar-refractivity contribution is 5.90. The predicted molar refractivity (Wildman–Crippen MR) is 115 cm³/mol. The molecule has 6 rings (SSSR count). The van der Waals surface area contributed by atoms with Gasteiger partial charge in [-0.05, 0) is 61.7 Å². The number of nitrogens with one attached hydrogen (secondary N) is 1. The molecular formula is C23H29N5O. The molecule has 1 N–H and O–H groups in total. The number of benzene rings is 1. The number of pyridine rings is 1. The van der Waals surface area contributed by atoms with Crippen LogP contribution in [0.15, 0.2) is 48.8 Å². The SMILES string of the molecule is CN(C)c1cccc(NC(=O)N2CC(c3cccnc3)C3C2C2CCN3CC2)c1. The molecule has 4 aliphatic rings. The van der Waals surface area contributed by atoms with E-state index >= 15 is 0 Å². The average Bonchev–Trinajstić information content (AvgIpc) is 3.18. The number of fused-ring (bicyclic) bond motifs is 2. The minimum atomic E-state index is 0.0241. The summed E-state index contributed by atoms with van der Waals surface area (Å²) in [5, 5.41) is 3.17. The molecule has 6 heteroatoms. The van der Waals surface area contributed by atoms with Gasteiger partial charge in [-0.3, -0.25) is 9.88 Å². The van der Waals surface area contributed by atoms with Gasteiger partial charge in [0, 0.05) is 56.4 Å². The molecule has 0 aliphatic carbocycles. The highest BCUT2D eigenvalue weighted by Crippen LogP contribution is 2.46. The van der Waals surface area contributed by atoms with E-state index in [0.29, 0.717) is 23.9 Å². The van der Waals surface area contributed by atoms with E-state index in [1.165, 1.54) is 18.4 Å². The van der Waals surface area contributed by atoms with Gasteiger partial charge < -0.3 is 15.1 Å². The van der Waals surface area contributed by atoms with Crippen molar-refractivity contribution >= 4 is 17.4 Å². The van der Waals surface area contributed by atoms with E-state index in [1.807, 2.05) is 61.7 Å². The van der Waals surface area contributed by atoms with Crippen molar-refractivity contribution in [2.24, 2.45) is 5.92 Å². The summed E-state index contributed by atoms with van der Waals surface area (Å²) in [7, 11) is 4.02. The lowest BCUT2D eigenvalue weighted by Crippen LogP contribution is -2.61. The molecule has 1 aromatic heterocycles. The first-order valence-electron chi connectivity index (χ1n) is 10.6. The van der Waals surface area contributed by atoms with Gasteiger partial charge in [-0.25, -0.2) is 4.79 Å². The predicted octanol–water partition coefficient (Wildman–Crippen LogP) is 3.24. The van der Waals surface area contributed by atoms with Gasteiger partial charge in [0.05, 0.1) is 6.04 Å². The standard InChI is InChI=1S/C23H29N5O/c1-26(2)19-7-3-6-18(13-19)25-23(29)28-15-20(17-5-4-10-24-14-17)22-21(28)16-8-11-27(22)12-9-16/h3-7,10,13-14,16,20-22H,8-9,11-12,15H2,1-2H3,(H,25,29). The first kappa shape index (κ1) is 18.4. The number of nitrogens with zero attached hydrogens (tertiary/aromatic N) is 4. The minimum absolute atomic E-state index is 0.0241. The molecule has 1 aromatic carbocycles. The van der Waals surface area contributed by atoms with Crippen LogP contribution in [0.25, 0.3) is 0 Å². The number of carbonyl (C=O) groups is 1. The number of likely N-dealkylation sites (tertiary alicyclic amines) is 1. The summed E-state index contributed by atoms with van der Waals surface area (Å²) in [5.74, 6) is 0.932. The van der Waals surface area contributed by atoms with Gasteiger partial charge in [0.15, 0.2) is 0 Å². The Morgan fingerprint density at radius 1 is 1.14 bits per heavy atom. The molecule has 4 saturated heterocycles. The number of hydrogen-bond donors (Lipinski definition) is 1. The molecule has 5 heterocycles.